The fraction of sp³-hybridized carbons (Fsp3) is 0.111. The van der Waals surface area contributed by atoms with Gasteiger partial charge in [-0.05, 0) is 71.1 Å². The summed E-state index contributed by atoms with van der Waals surface area (Å²) < 4.78 is 4.72. The second-order valence-corrected chi connectivity index (χ2v) is 7.63. The molecule has 0 atom stereocenters. The van der Waals surface area contributed by atoms with Gasteiger partial charge >= 0.3 is 5.97 Å². The van der Waals surface area contributed by atoms with Gasteiger partial charge in [-0.25, -0.2) is 4.79 Å². The first-order valence-corrected chi connectivity index (χ1v) is 10.4. The lowest BCUT2D eigenvalue weighted by molar-refractivity contribution is 0.0600. The van der Waals surface area contributed by atoms with Crippen LogP contribution in [0.1, 0.15) is 31.8 Å². The Morgan fingerprint density at radius 3 is 1.97 bits per heavy atom. The molecular weight excluding hydrogens is 400 g/mol. The largest absolute Gasteiger partial charge is 0.465 e. The lowest BCUT2D eigenvalue weighted by Crippen LogP contribution is -2.14. The SMILES string of the molecule is COC(=O)c1ccc(CCc2ccc(NC(=O)c3cc4ccccc4cc3N)cc2)cc1. The molecule has 0 aliphatic heterocycles. The third-order valence-electron chi connectivity index (χ3n) is 5.45. The number of nitrogens with one attached hydrogen (secondary N) is 1. The predicted octanol–water partition coefficient (Wildman–Crippen LogP) is 5.25. The first kappa shape index (κ1) is 21.1. The van der Waals surface area contributed by atoms with Gasteiger partial charge in [0.15, 0.2) is 0 Å². The molecule has 0 radical (unpaired) electrons. The zero-order valence-electron chi connectivity index (χ0n) is 17.8. The van der Waals surface area contributed by atoms with Crippen LogP contribution in [0.15, 0.2) is 84.9 Å². The van der Waals surface area contributed by atoms with Crippen molar-refractivity contribution < 1.29 is 14.3 Å². The van der Waals surface area contributed by atoms with Gasteiger partial charge in [-0.1, -0.05) is 48.5 Å². The number of hydrogen-bond donors (Lipinski definition) is 2. The number of carbonyl (C=O) groups is 2. The minimum Gasteiger partial charge on any atom is -0.465 e. The van der Waals surface area contributed by atoms with Crippen LogP contribution in [-0.2, 0) is 17.6 Å². The van der Waals surface area contributed by atoms with E-state index in [0.717, 1.165) is 34.7 Å². The van der Waals surface area contributed by atoms with E-state index in [4.69, 9.17) is 10.5 Å². The van der Waals surface area contributed by atoms with Gasteiger partial charge in [0.2, 0.25) is 0 Å². The number of hydrogen-bond acceptors (Lipinski definition) is 4. The van der Waals surface area contributed by atoms with E-state index in [1.807, 2.05) is 72.8 Å². The third kappa shape index (κ3) is 4.78. The summed E-state index contributed by atoms with van der Waals surface area (Å²) in [6, 6.07) is 26.7. The normalized spacial score (nSPS) is 10.7. The Kier molecular flexibility index (Phi) is 6.17. The predicted molar refractivity (Wildman–Crippen MR) is 128 cm³/mol. The topological polar surface area (TPSA) is 81.4 Å². The summed E-state index contributed by atoms with van der Waals surface area (Å²) in [5.74, 6) is -0.564. The van der Waals surface area contributed by atoms with Crippen LogP contribution < -0.4 is 11.1 Å². The van der Waals surface area contributed by atoms with E-state index < -0.39 is 0 Å². The summed E-state index contributed by atoms with van der Waals surface area (Å²) in [5.41, 5.74) is 10.6. The second kappa shape index (κ2) is 9.35. The van der Waals surface area contributed by atoms with E-state index >= 15 is 0 Å². The van der Waals surface area contributed by atoms with Crippen LogP contribution in [-0.4, -0.2) is 19.0 Å². The molecule has 0 aromatic heterocycles. The van der Waals surface area contributed by atoms with Gasteiger partial charge in [-0.2, -0.15) is 0 Å². The van der Waals surface area contributed by atoms with E-state index in [1.165, 1.54) is 7.11 Å². The number of nitrogens with two attached hydrogens (primary N) is 1. The number of ether oxygens (including phenoxy) is 1. The number of anilines is 2. The minimum atomic E-state index is -0.334. The van der Waals surface area contributed by atoms with Gasteiger partial charge in [0, 0.05) is 11.4 Å². The second-order valence-electron chi connectivity index (χ2n) is 7.63. The van der Waals surface area contributed by atoms with Gasteiger partial charge in [0.25, 0.3) is 5.91 Å². The molecule has 4 aromatic rings. The number of methoxy groups -OCH3 is 1. The Labute approximate surface area is 186 Å². The molecule has 1 amide bonds. The van der Waals surface area contributed by atoms with Crippen molar-refractivity contribution in [1.29, 1.82) is 0 Å². The molecule has 3 N–H and O–H groups in total. The zero-order valence-corrected chi connectivity index (χ0v) is 17.8. The van der Waals surface area contributed by atoms with E-state index in [9.17, 15) is 9.59 Å². The van der Waals surface area contributed by atoms with Crippen molar-refractivity contribution >= 4 is 34.0 Å². The number of nitrogen functional groups attached to an aromatic ring is 1. The highest BCUT2D eigenvalue weighted by atomic mass is 16.5. The van der Waals surface area contributed by atoms with Crippen molar-refractivity contribution in [3.8, 4) is 0 Å². The van der Waals surface area contributed by atoms with Gasteiger partial charge in [0.1, 0.15) is 0 Å². The summed E-state index contributed by atoms with van der Waals surface area (Å²) >= 11 is 0. The highest BCUT2D eigenvalue weighted by Crippen LogP contribution is 2.23. The Bertz CT molecular complexity index is 1260. The van der Waals surface area contributed by atoms with Crippen molar-refractivity contribution in [3.05, 3.63) is 107 Å². The highest BCUT2D eigenvalue weighted by Gasteiger charge is 2.11. The first-order chi connectivity index (χ1) is 15.5. The Morgan fingerprint density at radius 1 is 0.812 bits per heavy atom. The molecule has 5 nitrogen and oxygen atoms in total. The highest BCUT2D eigenvalue weighted by molar-refractivity contribution is 6.10. The van der Waals surface area contributed by atoms with Gasteiger partial charge in [0.05, 0.1) is 18.2 Å². The standard InChI is InChI=1S/C27H24N2O3/c1-32-27(31)20-12-8-18(9-13-20)6-7-19-10-14-23(15-11-19)29-26(30)24-16-21-4-2-3-5-22(21)17-25(24)28/h2-5,8-17H,6-7,28H2,1H3,(H,29,30). The van der Waals surface area contributed by atoms with Crippen molar-refractivity contribution in [2.45, 2.75) is 12.8 Å². The fourth-order valence-electron chi connectivity index (χ4n) is 3.62. The van der Waals surface area contributed by atoms with Gasteiger partial charge in [-0.3, -0.25) is 4.79 Å². The molecule has 160 valence electrons. The van der Waals surface area contributed by atoms with E-state index in [2.05, 4.69) is 5.32 Å². The Morgan fingerprint density at radius 2 is 1.38 bits per heavy atom. The zero-order chi connectivity index (χ0) is 22.5. The average Bonchev–Trinajstić information content (AvgIpc) is 2.83. The number of esters is 1. The third-order valence-corrected chi connectivity index (χ3v) is 5.45. The quantitative estimate of drug-likeness (QED) is 0.327. The summed E-state index contributed by atoms with van der Waals surface area (Å²) in [7, 11) is 1.37. The summed E-state index contributed by atoms with van der Waals surface area (Å²) in [4.78, 5) is 24.3. The molecular formula is C27H24N2O3. The van der Waals surface area contributed by atoms with Gasteiger partial charge in [-0.15, -0.1) is 0 Å². The number of benzene rings is 4. The summed E-state index contributed by atoms with van der Waals surface area (Å²) in [6.45, 7) is 0. The van der Waals surface area contributed by atoms with Crippen molar-refractivity contribution in [2.75, 3.05) is 18.2 Å². The van der Waals surface area contributed by atoms with E-state index in [1.54, 1.807) is 12.1 Å². The molecule has 0 heterocycles. The number of aryl methyl sites for hydroxylation is 2. The molecule has 0 saturated heterocycles. The first-order valence-electron chi connectivity index (χ1n) is 10.4. The number of rotatable bonds is 6. The maximum atomic E-state index is 12.7. The van der Waals surface area contributed by atoms with Crippen LogP contribution in [0.3, 0.4) is 0 Å². The lowest BCUT2D eigenvalue weighted by Gasteiger charge is -2.10. The Hall–Kier alpha value is -4.12. The van der Waals surface area contributed by atoms with Crippen molar-refractivity contribution in [3.63, 3.8) is 0 Å². The lowest BCUT2D eigenvalue weighted by atomic mass is 10.0. The van der Waals surface area contributed by atoms with Crippen LogP contribution in [0, 0.1) is 0 Å². The molecule has 0 bridgehead atoms. The molecule has 0 unspecified atom stereocenters. The van der Waals surface area contributed by atoms with Crippen molar-refractivity contribution in [1.82, 2.24) is 0 Å². The Balaban J connectivity index is 1.38. The van der Waals surface area contributed by atoms with Gasteiger partial charge < -0.3 is 15.8 Å². The molecule has 0 aliphatic rings. The molecule has 0 aliphatic carbocycles. The number of amides is 1. The molecule has 4 rings (SSSR count). The monoisotopic (exact) mass is 424 g/mol. The van der Waals surface area contributed by atoms with Crippen LogP contribution in [0.2, 0.25) is 0 Å². The van der Waals surface area contributed by atoms with E-state index in [0.29, 0.717) is 22.5 Å². The van der Waals surface area contributed by atoms with Crippen LogP contribution in [0.25, 0.3) is 10.8 Å². The van der Waals surface area contributed by atoms with Crippen LogP contribution in [0.5, 0.6) is 0 Å². The van der Waals surface area contributed by atoms with Crippen LogP contribution >= 0.6 is 0 Å². The van der Waals surface area contributed by atoms with Crippen molar-refractivity contribution in [2.24, 2.45) is 0 Å². The molecule has 0 fully saturated rings. The summed E-state index contributed by atoms with van der Waals surface area (Å²) in [6.07, 6.45) is 1.70. The minimum absolute atomic E-state index is 0.230. The number of fused-ring (bicyclic) bond motifs is 1. The average molecular weight is 425 g/mol. The smallest absolute Gasteiger partial charge is 0.337 e. The maximum Gasteiger partial charge on any atom is 0.337 e. The van der Waals surface area contributed by atoms with Crippen LogP contribution in [0.4, 0.5) is 11.4 Å². The maximum absolute atomic E-state index is 12.7. The molecule has 0 spiro atoms. The number of carbonyl (C=O) groups excluding carboxylic acids is 2. The summed E-state index contributed by atoms with van der Waals surface area (Å²) in [5, 5.41) is 4.90. The molecule has 0 saturated carbocycles. The fourth-order valence-corrected chi connectivity index (χ4v) is 3.62. The molecule has 5 heteroatoms. The molecule has 4 aromatic carbocycles. The van der Waals surface area contributed by atoms with E-state index in [-0.39, 0.29) is 11.9 Å². The molecule has 32 heavy (non-hydrogen) atoms.